The maximum Gasteiger partial charge on any atom is 0.179 e. The predicted molar refractivity (Wildman–Crippen MR) is 141 cm³/mol. The van der Waals surface area contributed by atoms with E-state index >= 15 is 0 Å². The molecule has 0 atom stereocenters. The lowest BCUT2D eigenvalue weighted by atomic mass is 10.1. The summed E-state index contributed by atoms with van der Waals surface area (Å²) in [6.45, 7) is 0. The first-order chi connectivity index (χ1) is 15.8. The van der Waals surface area contributed by atoms with Gasteiger partial charge in [0.15, 0.2) is 8.07 Å². The zero-order chi connectivity index (χ0) is 21.8. The number of hydrogen-bond acceptors (Lipinski definition) is 0. The molecule has 0 amide bonds. The fourth-order valence-electron chi connectivity index (χ4n) is 4.62. The highest BCUT2D eigenvalue weighted by molar-refractivity contribution is 7.19. The quantitative estimate of drug-likeness (QED) is 0.251. The van der Waals surface area contributed by atoms with Crippen LogP contribution in [0, 0.1) is 0 Å². The van der Waals surface area contributed by atoms with E-state index < -0.39 is 8.07 Å². The van der Waals surface area contributed by atoms with Crippen LogP contribution in [0.1, 0.15) is 0 Å². The molecule has 0 radical (unpaired) electrons. The Morgan fingerprint density at radius 2 is 0.656 bits per heavy atom. The zero-order valence-corrected chi connectivity index (χ0v) is 19.4. The van der Waals surface area contributed by atoms with Gasteiger partial charge in [0, 0.05) is 5.02 Å². The Hall–Kier alpha value is -3.39. The van der Waals surface area contributed by atoms with Crippen molar-refractivity contribution >= 4 is 40.4 Å². The molecular formula is C30H23ClSi. The zero-order valence-electron chi connectivity index (χ0n) is 17.7. The molecule has 0 N–H and O–H groups in total. The molecule has 0 aromatic heterocycles. The molecule has 32 heavy (non-hydrogen) atoms. The Kier molecular flexibility index (Phi) is 5.77. The Balaban J connectivity index is 1.76. The van der Waals surface area contributed by atoms with Gasteiger partial charge in [-0.15, -0.1) is 0 Å². The molecule has 0 saturated carbocycles. The standard InChI is InChI=1S/C30H23ClSi/c31-26-20-16-24(17-21-26)25-18-22-30(23-19-25)32(27-10-4-1-5-11-27,28-12-6-2-7-13-28)29-14-8-3-9-15-29/h1-23H. The van der Waals surface area contributed by atoms with Gasteiger partial charge in [0.2, 0.25) is 0 Å². The van der Waals surface area contributed by atoms with Crippen molar-refractivity contribution in [1.29, 1.82) is 0 Å². The van der Waals surface area contributed by atoms with Crippen LogP contribution in [0.25, 0.3) is 11.1 Å². The molecule has 5 aromatic carbocycles. The molecule has 0 aliphatic heterocycles. The maximum atomic E-state index is 6.09. The van der Waals surface area contributed by atoms with Gasteiger partial charge in [-0.25, -0.2) is 0 Å². The lowest BCUT2D eigenvalue weighted by molar-refractivity contribution is 1.62. The third-order valence-electron chi connectivity index (χ3n) is 6.12. The smallest absolute Gasteiger partial charge is 0.0843 e. The Morgan fingerprint density at radius 1 is 0.344 bits per heavy atom. The maximum absolute atomic E-state index is 6.09. The summed E-state index contributed by atoms with van der Waals surface area (Å²) in [7, 11) is -2.45. The van der Waals surface area contributed by atoms with E-state index in [4.69, 9.17) is 11.6 Å². The molecule has 5 aromatic rings. The summed E-state index contributed by atoms with van der Waals surface area (Å²) >= 11 is 6.09. The minimum Gasteiger partial charge on any atom is -0.0843 e. The van der Waals surface area contributed by atoms with Crippen LogP contribution < -0.4 is 20.7 Å². The van der Waals surface area contributed by atoms with Gasteiger partial charge in [-0.1, -0.05) is 139 Å². The summed E-state index contributed by atoms with van der Waals surface area (Å²) in [4.78, 5) is 0. The Bertz CT molecular complexity index is 1180. The van der Waals surface area contributed by atoms with Crippen molar-refractivity contribution in [2.45, 2.75) is 0 Å². The first kappa shape index (κ1) is 20.5. The highest BCUT2D eigenvalue weighted by atomic mass is 35.5. The van der Waals surface area contributed by atoms with E-state index in [1.165, 1.54) is 31.9 Å². The van der Waals surface area contributed by atoms with Crippen molar-refractivity contribution in [2.24, 2.45) is 0 Å². The van der Waals surface area contributed by atoms with E-state index in [-0.39, 0.29) is 0 Å². The molecule has 0 fully saturated rings. The van der Waals surface area contributed by atoms with Gasteiger partial charge in [0.05, 0.1) is 0 Å². The van der Waals surface area contributed by atoms with Gasteiger partial charge in [-0.05, 0) is 44.0 Å². The first-order valence-electron chi connectivity index (χ1n) is 10.8. The summed E-state index contributed by atoms with van der Waals surface area (Å²) < 4.78 is 0. The van der Waals surface area contributed by atoms with Crippen molar-refractivity contribution < 1.29 is 0 Å². The third-order valence-corrected chi connectivity index (χ3v) is 11.2. The first-order valence-corrected chi connectivity index (χ1v) is 13.2. The van der Waals surface area contributed by atoms with Crippen LogP contribution in [-0.2, 0) is 0 Å². The molecule has 5 rings (SSSR count). The fraction of sp³-hybridized carbons (Fsp3) is 0. The van der Waals surface area contributed by atoms with Crippen LogP contribution in [0.15, 0.2) is 140 Å². The van der Waals surface area contributed by atoms with Crippen LogP contribution in [0.5, 0.6) is 0 Å². The van der Waals surface area contributed by atoms with E-state index in [1.54, 1.807) is 0 Å². The van der Waals surface area contributed by atoms with Gasteiger partial charge in [-0.3, -0.25) is 0 Å². The van der Waals surface area contributed by atoms with Crippen molar-refractivity contribution in [2.75, 3.05) is 0 Å². The van der Waals surface area contributed by atoms with Gasteiger partial charge >= 0.3 is 0 Å². The largest absolute Gasteiger partial charge is 0.179 e. The molecule has 0 nitrogen and oxygen atoms in total. The highest BCUT2D eigenvalue weighted by Crippen LogP contribution is 2.21. The normalized spacial score (nSPS) is 11.3. The van der Waals surface area contributed by atoms with E-state index in [2.05, 4.69) is 127 Å². The second kappa shape index (κ2) is 9.00. The number of benzene rings is 5. The minimum absolute atomic E-state index is 0.758. The van der Waals surface area contributed by atoms with Crippen LogP contribution in [0.3, 0.4) is 0 Å². The Labute approximate surface area is 195 Å². The van der Waals surface area contributed by atoms with Crippen molar-refractivity contribution in [3.05, 3.63) is 145 Å². The van der Waals surface area contributed by atoms with Crippen LogP contribution >= 0.6 is 11.6 Å². The summed E-state index contributed by atoms with van der Waals surface area (Å²) in [5.41, 5.74) is 2.37. The van der Waals surface area contributed by atoms with E-state index in [9.17, 15) is 0 Å². The van der Waals surface area contributed by atoms with Crippen LogP contribution in [0.4, 0.5) is 0 Å². The predicted octanol–water partition coefficient (Wildman–Crippen LogP) is 5.38. The molecular weight excluding hydrogens is 424 g/mol. The van der Waals surface area contributed by atoms with Crippen molar-refractivity contribution in [3.63, 3.8) is 0 Å². The topological polar surface area (TPSA) is 0 Å². The number of hydrogen-bond donors (Lipinski definition) is 0. The molecule has 0 heterocycles. The van der Waals surface area contributed by atoms with Crippen LogP contribution in [0.2, 0.25) is 5.02 Å². The Morgan fingerprint density at radius 3 is 1.03 bits per heavy atom. The SMILES string of the molecule is Clc1ccc(-c2ccc([Si](c3ccccc3)(c3ccccc3)c3ccccc3)cc2)cc1. The average molecular weight is 447 g/mol. The summed E-state index contributed by atoms with van der Waals surface area (Å²) in [6.07, 6.45) is 0. The molecule has 0 spiro atoms. The summed E-state index contributed by atoms with van der Waals surface area (Å²) in [5, 5.41) is 6.29. The molecule has 154 valence electrons. The summed E-state index contributed by atoms with van der Waals surface area (Å²) in [6, 6.07) is 50.2. The average Bonchev–Trinajstić information content (AvgIpc) is 2.88. The minimum atomic E-state index is -2.45. The highest BCUT2D eigenvalue weighted by Gasteiger charge is 2.41. The number of rotatable bonds is 5. The lowest BCUT2D eigenvalue weighted by Gasteiger charge is -2.34. The molecule has 2 heteroatoms. The molecule has 0 aliphatic rings. The van der Waals surface area contributed by atoms with Crippen LogP contribution in [-0.4, -0.2) is 8.07 Å². The van der Waals surface area contributed by atoms with E-state index in [0.717, 1.165) is 5.02 Å². The van der Waals surface area contributed by atoms with Gasteiger partial charge in [0.1, 0.15) is 0 Å². The van der Waals surface area contributed by atoms with Gasteiger partial charge in [-0.2, -0.15) is 0 Å². The van der Waals surface area contributed by atoms with E-state index in [1.807, 2.05) is 12.1 Å². The summed E-state index contributed by atoms with van der Waals surface area (Å²) in [5.74, 6) is 0. The molecule has 0 bridgehead atoms. The van der Waals surface area contributed by atoms with Gasteiger partial charge in [0.25, 0.3) is 0 Å². The second-order valence-electron chi connectivity index (χ2n) is 7.93. The van der Waals surface area contributed by atoms with Crippen molar-refractivity contribution in [1.82, 2.24) is 0 Å². The van der Waals surface area contributed by atoms with Gasteiger partial charge < -0.3 is 0 Å². The molecule has 0 unspecified atom stereocenters. The monoisotopic (exact) mass is 446 g/mol. The third kappa shape index (κ3) is 3.71. The second-order valence-corrected chi connectivity index (χ2v) is 12.2. The van der Waals surface area contributed by atoms with E-state index in [0.29, 0.717) is 0 Å². The number of halogens is 1. The molecule has 0 saturated heterocycles. The molecule has 0 aliphatic carbocycles. The lowest BCUT2D eigenvalue weighted by Crippen LogP contribution is -2.74. The van der Waals surface area contributed by atoms with Crippen molar-refractivity contribution in [3.8, 4) is 11.1 Å². The fourth-order valence-corrected chi connectivity index (χ4v) is 9.49.